The average Bonchev–Trinajstić information content (AvgIpc) is 2.20. The van der Waals surface area contributed by atoms with Crippen molar-refractivity contribution in [3.63, 3.8) is 0 Å². The number of carboxylic acid groups (broad SMARTS) is 1. The lowest BCUT2D eigenvalue weighted by molar-refractivity contribution is -0.136. The van der Waals surface area contributed by atoms with Gasteiger partial charge in [-0.3, -0.25) is 14.5 Å². The fraction of sp³-hybridized carbons (Fsp3) is 0.364. The van der Waals surface area contributed by atoms with E-state index in [0.29, 0.717) is 5.82 Å². The molecule has 1 heterocycles. The molecule has 1 amide bonds. The molecule has 0 bridgehead atoms. The van der Waals surface area contributed by atoms with Crippen molar-refractivity contribution in [2.45, 2.75) is 20.3 Å². The van der Waals surface area contributed by atoms with Gasteiger partial charge in [0.15, 0.2) is 0 Å². The summed E-state index contributed by atoms with van der Waals surface area (Å²) in [5.41, 5.74) is 0.850. The predicted molar refractivity (Wildman–Crippen MR) is 59.3 cm³/mol. The molecule has 0 fully saturated rings. The summed E-state index contributed by atoms with van der Waals surface area (Å²) in [6, 6.07) is 3.60. The average molecular weight is 222 g/mol. The number of aromatic nitrogens is 1. The van der Waals surface area contributed by atoms with Crippen LogP contribution in [0.5, 0.6) is 0 Å². The second-order valence-corrected chi connectivity index (χ2v) is 3.46. The number of carbonyl (C=O) groups excluding carboxylic acids is 1. The largest absolute Gasteiger partial charge is 0.481 e. The zero-order valence-corrected chi connectivity index (χ0v) is 9.30. The van der Waals surface area contributed by atoms with E-state index in [1.54, 1.807) is 12.3 Å². The number of rotatable bonds is 4. The summed E-state index contributed by atoms with van der Waals surface area (Å²) < 4.78 is 0. The second kappa shape index (κ2) is 5.25. The number of anilines is 1. The standard InChI is InChI=1S/C11H14N2O3/c1-8-4-3-6-12-11(8)13(9(2)14)7-5-10(15)16/h3-4,6H,5,7H2,1-2H3,(H,15,16). The van der Waals surface area contributed by atoms with E-state index < -0.39 is 5.97 Å². The number of amides is 1. The third-order valence-electron chi connectivity index (χ3n) is 2.17. The Morgan fingerprint density at radius 3 is 2.69 bits per heavy atom. The number of carboxylic acids is 1. The highest BCUT2D eigenvalue weighted by Crippen LogP contribution is 2.16. The molecule has 1 rings (SSSR count). The quantitative estimate of drug-likeness (QED) is 0.831. The highest BCUT2D eigenvalue weighted by atomic mass is 16.4. The van der Waals surface area contributed by atoms with Gasteiger partial charge >= 0.3 is 5.97 Å². The normalized spacial score (nSPS) is 9.88. The molecule has 86 valence electrons. The molecular formula is C11H14N2O3. The van der Waals surface area contributed by atoms with Gasteiger partial charge in [0.2, 0.25) is 5.91 Å². The molecule has 0 saturated carbocycles. The van der Waals surface area contributed by atoms with Crippen molar-refractivity contribution in [2.75, 3.05) is 11.4 Å². The molecule has 0 aliphatic rings. The molecule has 1 N–H and O–H groups in total. The molecule has 0 radical (unpaired) electrons. The van der Waals surface area contributed by atoms with Crippen molar-refractivity contribution in [3.05, 3.63) is 23.9 Å². The zero-order valence-electron chi connectivity index (χ0n) is 9.30. The summed E-state index contributed by atoms with van der Waals surface area (Å²) in [4.78, 5) is 27.4. The van der Waals surface area contributed by atoms with Crippen LogP contribution in [0.2, 0.25) is 0 Å². The number of nitrogens with zero attached hydrogens (tertiary/aromatic N) is 2. The molecule has 0 saturated heterocycles. The first kappa shape index (κ1) is 12.2. The van der Waals surface area contributed by atoms with Gasteiger partial charge < -0.3 is 5.11 Å². The van der Waals surface area contributed by atoms with E-state index in [-0.39, 0.29) is 18.9 Å². The molecule has 0 aromatic carbocycles. The van der Waals surface area contributed by atoms with Gasteiger partial charge in [-0.1, -0.05) is 6.07 Å². The van der Waals surface area contributed by atoms with Crippen LogP contribution in [0.25, 0.3) is 0 Å². The first-order valence-electron chi connectivity index (χ1n) is 4.94. The van der Waals surface area contributed by atoms with E-state index in [0.717, 1.165) is 5.56 Å². The van der Waals surface area contributed by atoms with Crippen LogP contribution in [0.15, 0.2) is 18.3 Å². The number of hydrogen-bond acceptors (Lipinski definition) is 3. The van der Waals surface area contributed by atoms with Gasteiger partial charge in [0.1, 0.15) is 5.82 Å². The molecule has 0 aliphatic carbocycles. The summed E-state index contributed by atoms with van der Waals surface area (Å²) >= 11 is 0. The van der Waals surface area contributed by atoms with Crippen LogP contribution in [-0.2, 0) is 9.59 Å². The summed E-state index contributed by atoms with van der Waals surface area (Å²) in [6.45, 7) is 3.37. The van der Waals surface area contributed by atoms with Gasteiger partial charge in [-0.15, -0.1) is 0 Å². The van der Waals surface area contributed by atoms with E-state index in [2.05, 4.69) is 4.98 Å². The number of carbonyl (C=O) groups is 2. The van der Waals surface area contributed by atoms with E-state index in [1.807, 2.05) is 13.0 Å². The van der Waals surface area contributed by atoms with Crippen molar-refractivity contribution in [3.8, 4) is 0 Å². The van der Waals surface area contributed by atoms with Crippen LogP contribution in [0.4, 0.5) is 5.82 Å². The second-order valence-electron chi connectivity index (χ2n) is 3.46. The Kier molecular flexibility index (Phi) is 3.99. The first-order valence-corrected chi connectivity index (χ1v) is 4.94. The third kappa shape index (κ3) is 3.05. The number of aliphatic carboxylic acids is 1. The molecule has 5 nitrogen and oxygen atoms in total. The summed E-state index contributed by atoms with van der Waals surface area (Å²) in [6.07, 6.45) is 1.49. The Balaban J connectivity index is 2.90. The lowest BCUT2D eigenvalue weighted by Gasteiger charge is -2.20. The van der Waals surface area contributed by atoms with E-state index >= 15 is 0 Å². The maximum atomic E-state index is 11.4. The van der Waals surface area contributed by atoms with Crippen molar-refractivity contribution in [2.24, 2.45) is 0 Å². The molecule has 0 atom stereocenters. The minimum Gasteiger partial charge on any atom is -0.481 e. The van der Waals surface area contributed by atoms with Crippen LogP contribution in [-0.4, -0.2) is 28.5 Å². The van der Waals surface area contributed by atoms with Crippen LogP contribution < -0.4 is 4.90 Å². The topological polar surface area (TPSA) is 70.5 Å². The Morgan fingerprint density at radius 1 is 1.50 bits per heavy atom. The fourth-order valence-corrected chi connectivity index (χ4v) is 1.38. The highest BCUT2D eigenvalue weighted by Gasteiger charge is 2.15. The Hall–Kier alpha value is -1.91. The lowest BCUT2D eigenvalue weighted by Crippen LogP contribution is -2.32. The first-order chi connectivity index (χ1) is 7.52. The maximum absolute atomic E-state index is 11.4. The zero-order chi connectivity index (χ0) is 12.1. The molecule has 0 aliphatic heterocycles. The van der Waals surface area contributed by atoms with Crippen molar-refractivity contribution < 1.29 is 14.7 Å². The van der Waals surface area contributed by atoms with E-state index in [4.69, 9.17) is 5.11 Å². The highest BCUT2D eigenvalue weighted by molar-refractivity contribution is 5.91. The molecule has 5 heteroatoms. The number of aryl methyl sites for hydroxylation is 1. The van der Waals surface area contributed by atoms with Crippen molar-refractivity contribution in [1.29, 1.82) is 0 Å². The Morgan fingerprint density at radius 2 is 2.19 bits per heavy atom. The minimum absolute atomic E-state index is 0.0877. The molecule has 1 aromatic rings. The van der Waals surface area contributed by atoms with Gasteiger partial charge in [0.05, 0.1) is 6.42 Å². The van der Waals surface area contributed by atoms with Gasteiger partial charge in [0.25, 0.3) is 0 Å². The predicted octanol–water partition coefficient (Wildman–Crippen LogP) is 1.22. The van der Waals surface area contributed by atoms with Crippen molar-refractivity contribution >= 4 is 17.7 Å². The Bertz CT molecular complexity index is 404. The Labute approximate surface area is 93.7 Å². The maximum Gasteiger partial charge on any atom is 0.305 e. The summed E-state index contributed by atoms with van der Waals surface area (Å²) in [7, 11) is 0. The van der Waals surface area contributed by atoms with Crippen LogP contribution in [0.1, 0.15) is 18.9 Å². The molecule has 1 aromatic heterocycles. The van der Waals surface area contributed by atoms with Gasteiger partial charge in [-0.05, 0) is 18.6 Å². The van der Waals surface area contributed by atoms with Crippen LogP contribution in [0.3, 0.4) is 0 Å². The number of hydrogen-bond donors (Lipinski definition) is 1. The smallest absolute Gasteiger partial charge is 0.305 e. The SMILES string of the molecule is CC(=O)N(CCC(=O)O)c1ncccc1C. The van der Waals surface area contributed by atoms with Crippen LogP contribution >= 0.6 is 0 Å². The van der Waals surface area contributed by atoms with Gasteiger partial charge in [0, 0.05) is 19.7 Å². The third-order valence-corrected chi connectivity index (χ3v) is 2.17. The fourth-order valence-electron chi connectivity index (χ4n) is 1.38. The van der Waals surface area contributed by atoms with Gasteiger partial charge in [-0.25, -0.2) is 4.98 Å². The number of pyridine rings is 1. The van der Waals surface area contributed by atoms with Gasteiger partial charge in [-0.2, -0.15) is 0 Å². The minimum atomic E-state index is -0.931. The van der Waals surface area contributed by atoms with Crippen molar-refractivity contribution in [1.82, 2.24) is 4.98 Å². The lowest BCUT2D eigenvalue weighted by atomic mass is 10.2. The van der Waals surface area contributed by atoms with Crippen LogP contribution in [0, 0.1) is 6.92 Å². The summed E-state index contributed by atoms with van der Waals surface area (Å²) in [5, 5.41) is 8.60. The molecule has 0 unspecified atom stereocenters. The molecule has 0 spiro atoms. The molecular weight excluding hydrogens is 208 g/mol. The monoisotopic (exact) mass is 222 g/mol. The van der Waals surface area contributed by atoms with E-state index in [9.17, 15) is 9.59 Å². The summed E-state index contributed by atoms with van der Waals surface area (Å²) in [5.74, 6) is -0.612. The van der Waals surface area contributed by atoms with E-state index in [1.165, 1.54) is 11.8 Å². The molecule has 16 heavy (non-hydrogen) atoms.